The van der Waals surface area contributed by atoms with Crippen LogP contribution in [0.1, 0.15) is 13.8 Å². The van der Waals surface area contributed by atoms with Crippen molar-refractivity contribution >= 4 is 27.6 Å². The van der Waals surface area contributed by atoms with Crippen LogP contribution in [0.25, 0.3) is 55.8 Å². The Morgan fingerprint density at radius 3 is 2.53 bits per heavy atom. The molecule has 0 amide bonds. The molecule has 0 spiro atoms. The second kappa shape index (κ2) is 8.08. The van der Waals surface area contributed by atoms with Gasteiger partial charge in [-0.25, -0.2) is 4.98 Å². The first-order chi connectivity index (χ1) is 16.7. The quantitative estimate of drug-likeness (QED) is 0.325. The van der Waals surface area contributed by atoms with E-state index in [-0.39, 0.29) is 0 Å². The average Bonchev–Trinajstić information content (AvgIpc) is 3.48. The zero-order valence-corrected chi connectivity index (χ0v) is 18.7. The van der Waals surface area contributed by atoms with E-state index in [4.69, 9.17) is 4.98 Å². The van der Waals surface area contributed by atoms with Crippen molar-refractivity contribution in [3.8, 4) is 33.9 Å². The Morgan fingerprint density at radius 1 is 0.794 bits per heavy atom. The van der Waals surface area contributed by atoms with Crippen LogP contribution in [0.15, 0.2) is 73.4 Å². The number of rotatable bonds is 5. The molecule has 166 valence electrons. The van der Waals surface area contributed by atoms with Crippen LogP contribution in [-0.2, 0) is 0 Å². The van der Waals surface area contributed by atoms with Crippen LogP contribution in [0.2, 0.25) is 0 Å². The summed E-state index contributed by atoms with van der Waals surface area (Å²) in [5.41, 5.74) is 8.27. The lowest BCUT2D eigenvalue weighted by atomic mass is 10.0. The zero-order valence-electron chi connectivity index (χ0n) is 18.7. The van der Waals surface area contributed by atoms with Gasteiger partial charge < -0.3 is 10.3 Å². The second-order valence-electron chi connectivity index (χ2n) is 8.47. The van der Waals surface area contributed by atoms with Gasteiger partial charge in [0.15, 0.2) is 5.82 Å². The summed E-state index contributed by atoms with van der Waals surface area (Å²) >= 11 is 0. The third kappa shape index (κ3) is 3.55. The molecule has 5 heterocycles. The van der Waals surface area contributed by atoms with Gasteiger partial charge in [0.1, 0.15) is 11.2 Å². The number of hydrogen-bond donors (Lipinski definition) is 3. The monoisotopic (exact) mass is 446 g/mol. The first kappa shape index (κ1) is 20.0. The van der Waals surface area contributed by atoms with Crippen molar-refractivity contribution in [2.75, 3.05) is 5.32 Å². The van der Waals surface area contributed by atoms with E-state index in [9.17, 15) is 0 Å². The van der Waals surface area contributed by atoms with Gasteiger partial charge in [0.25, 0.3) is 0 Å². The van der Waals surface area contributed by atoms with E-state index < -0.39 is 0 Å². The summed E-state index contributed by atoms with van der Waals surface area (Å²) in [6.07, 6.45) is 9.01. The number of H-pyrrole nitrogens is 2. The molecule has 0 saturated heterocycles. The van der Waals surface area contributed by atoms with E-state index in [0.717, 1.165) is 55.7 Å². The molecule has 8 heteroatoms. The molecule has 3 N–H and O–H groups in total. The Labute approximate surface area is 195 Å². The molecule has 5 aromatic heterocycles. The summed E-state index contributed by atoms with van der Waals surface area (Å²) in [6, 6.07) is 14.5. The Balaban J connectivity index is 1.45. The number of aromatic amines is 2. The summed E-state index contributed by atoms with van der Waals surface area (Å²) < 4.78 is 0. The summed E-state index contributed by atoms with van der Waals surface area (Å²) in [7, 11) is 0. The number of benzene rings is 1. The van der Waals surface area contributed by atoms with Gasteiger partial charge in [-0.2, -0.15) is 5.10 Å². The van der Waals surface area contributed by atoms with E-state index in [1.165, 1.54) is 0 Å². The molecule has 6 rings (SSSR count). The lowest BCUT2D eigenvalue weighted by molar-refractivity contribution is 0.898. The largest absolute Gasteiger partial charge is 0.382 e. The van der Waals surface area contributed by atoms with E-state index in [1.54, 1.807) is 18.6 Å². The van der Waals surface area contributed by atoms with Crippen LogP contribution < -0.4 is 5.32 Å². The summed E-state index contributed by atoms with van der Waals surface area (Å²) in [5, 5.41) is 12.1. The smallest absolute Gasteiger partial charge is 0.159 e. The molecule has 34 heavy (non-hydrogen) atoms. The van der Waals surface area contributed by atoms with Gasteiger partial charge in [-0.3, -0.25) is 20.1 Å². The molecule has 0 aliphatic heterocycles. The Bertz CT molecular complexity index is 1610. The summed E-state index contributed by atoms with van der Waals surface area (Å²) in [4.78, 5) is 21.4. The zero-order chi connectivity index (χ0) is 23.1. The molecule has 0 fully saturated rings. The van der Waals surface area contributed by atoms with Gasteiger partial charge in [-0.1, -0.05) is 6.07 Å². The van der Waals surface area contributed by atoms with Gasteiger partial charge in [-0.15, -0.1) is 0 Å². The van der Waals surface area contributed by atoms with Gasteiger partial charge in [0.05, 0.1) is 22.4 Å². The Morgan fingerprint density at radius 2 is 1.68 bits per heavy atom. The predicted octanol–water partition coefficient (Wildman–Crippen LogP) is 5.45. The number of hydrogen-bond acceptors (Lipinski definition) is 6. The standard InChI is InChI=1S/C26H22N8/c1-15(2)30-19-11-18(13-28-14-19)17-3-4-21-20(12-17)24(34-33-21)26-31-22-7-10-29-23(25(22)32-26)16-5-8-27-9-6-16/h3-15,30H,1-2H3,(H,31,32)(H,33,34). The molecule has 0 unspecified atom stereocenters. The molecule has 0 aliphatic rings. The first-order valence-corrected chi connectivity index (χ1v) is 11.1. The highest BCUT2D eigenvalue weighted by Crippen LogP contribution is 2.32. The number of fused-ring (bicyclic) bond motifs is 2. The van der Waals surface area contributed by atoms with Crippen molar-refractivity contribution in [2.24, 2.45) is 0 Å². The highest BCUT2D eigenvalue weighted by Gasteiger charge is 2.16. The van der Waals surface area contributed by atoms with E-state index >= 15 is 0 Å². The lowest BCUT2D eigenvalue weighted by Crippen LogP contribution is -2.09. The average molecular weight is 447 g/mol. The predicted molar refractivity (Wildman–Crippen MR) is 134 cm³/mol. The topological polar surface area (TPSA) is 108 Å². The molecule has 8 nitrogen and oxygen atoms in total. The third-order valence-corrected chi connectivity index (χ3v) is 5.67. The molecule has 1 aromatic carbocycles. The molecular weight excluding hydrogens is 424 g/mol. The van der Waals surface area contributed by atoms with Crippen LogP contribution in [0.3, 0.4) is 0 Å². The van der Waals surface area contributed by atoms with Crippen molar-refractivity contribution in [3.05, 3.63) is 73.4 Å². The number of nitrogens with one attached hydrogen (secondary N) is 3. The second-order valence-corrected chi connectivity index (χ2v) is 8.47. The van der Waals surface area contributed by atoms with Gasteiger partial charge >= 0.3 is 0 Å². The number of nitrogens with zero attached hydrogens (tertiary/aromatic N) is 5. The number of pyridine rings is 3. The number of anilines is 1. The SMILES string of the molecule is CC(C)Nc1cncc(-c2ccc3[nH]nc(-c4nc5c(-c6ccncc6)nccc5[nH]4)c3c2)c1. The highest BCUT2D eigenvalue weighted by atomic mass is 15.1. The summed E-state index contributed by atoms with van der Waals surface area (Å²) in [5.74, 6) is 0.690. The van der Waals surface area contributed by atoms with E-state index in [1.807, 2.05) is 36.7 Å². The first-order valence-electron chi connectivity index (χ1n) is 11.1. The molecular formula is C26H22N8. The van der Waals surface area contributed by atoms with Crippen molar-refractivity contribution in [2.45, 2.75) is 19.9 Å². The molecule has 0 radical (unpaired) electrons. The Kier molecular flexibility index (Phi) is 4.76. The van der Waals surface area contributed by atoms with Crippen LogP contribution in [0.5, 0.6) is 0 Å². The van der Waals surface area contributed by atoms with Crippen molar-refractivity contribution < 1.29 is 0 Å². The fourth-order valence-corrected chi connectivity index (χ4v) is 4.15. The van der Waals surface area contributed by atoms with Crippen molar-refractivity contribution in [3.63, 3.8) is 0 Å². The maximum absolute atomic E-state index is 4.89. The summed E-state index contributed by atoms with van der Waals surface area (Å²) in [6.45, 7) is 4.22. The minimum Gasteiger partial charge on any atom is -0.382 e. The fourth-order valence-electron chi connectivity index (χ4n) is 4.15. The normalized spacial score (nSPS) is 11.5. The fraction of sp³-hybridized carbons (Fsp3) is 0.115. The minimum atomic E-state index is 0.333. The van der Waals surface area contributed by atoms with E-state index in [0.29, 0.717) is 11.9 Å². The molecule has 0 atom stereocenters. The minimum absolute atomic E-state index is 0.333. The van der Waals surface area contributed by atoms with Crippen LogP contribution >= 0.6 is 0 Å². The third-order valence-electron chi connectivity index (χ3n) is 5.67. The lowest BCUT2D eigenvalue weighted by Gasteiger charge is -2.11. The van der Waals surface area contributed by atoms with E-state index in [2.05, 4.69) is 67.5 Å². The van der Waals surface area contributed by atoms with Crippen molar-refractivity contribution in [1.82, 2.24) is 35.1 Å². The maximum atomic E-state index is 4.89. The van der Waals surface area contributed by atoms with Gasteiger partial charge in [0.2, 0.25) is 0 Å². The molecule has 0 aliphatic carbocycles. The van der Waals surface area contributed by atoms with Crippen LogP contribution in [-0.4, -0.2) is 41.2 Å². The van der Waals surface area contributed by atoms with Crippen LogP contribution in [0, 0.1) is 0 Å². The molecule has 6 aromatic rings. The maximum Gasteiger partial charge on any atom is 0.159 e. The van der Waals surface area contributed by atoms with Crippen LogP contribution in [0.4, 0.5) is 5.69 Å². The Hall–Kier alpha value is -4.59. The highest BCUT2D eigenvalue weighted by molar-refractivity contribution is 5.97. The van der Waals surface area contributed by atoms with Crippen molar-refractivity contribution in [1.29, 1.82) is 0 Å². The molecule has 0 saturated carbocycles. The van der Waals surface area contributed by atoms with Gasteiger partial charge in [-0.05, 0) is 55.8 Å². The number of imidazole rings is 1. The van der Waals surface area contributed by atoms with Gasteiger partial charge in [0, 0.05) is 53.5 Å². The molecule has 0 bridgehead atoms. The number of aromatic nitrogens is 7.